The Labute approximate surface area is 201 Å². The Kier molecular flexibility index (Phi) is 5.78. The topological polar surface area (TPSA) is 141 Å². The molecule has 0 saturated heterocycles. The third-order valence-electron chi connectivity index (χ3n) is 5.32. The molecule has 0 bridgehead atoms. The molecule has 0 unspecified atom stereocenters. The first kappa shape index (κ1) is 22.7. The molecule has 35 heavy (non-hydrogen) atoms. The number of hydrogen-bond acceptors (Lipinski definition) is 9. The zero-order chi connectivity index (χ0) is 24.6. The predicted octanol–water partition coefficient (Wildman–Crippen LogP) is 2.78. The summed E-state index contributed by atoms with van der Waals surface area (Å²) in [5.74, 6) is 1.08. The normalized spacial score (nSPS) is 15.1. The molecule has 3 aromatic rings. The third kappa shape index (κ3) is 4.63. The summed E-state index contributed by atoms with van der Waals surface area (Å²) < 4.78 is 39.8. The average Bonchev–Trinajstić information content (AvgIpc) is 3.55. The summed E-state index contributed by atoms with van der Waals surface area (Å²) in [7, 11) is -2.09. The molecule has 11 nitrogen and oxygen atoms in total. The highest BCUT2D eigenvalue weighted by Gasteiger charge is 2.29. The lowest BCUT2D eigenvalue weighted by Crippen LogP contribution is -2.18. The number of fused-ring (bicyclic) bond motifs is 1. The SMILES string of the molecule is CCOC1=NC(c2nc3nc(NS(=O)(=O)CC4CC4)cnc3n2-c2c(O)cccc2OC)=C=C=C1. The predicted molar refractivity (Wildman–Crippen MR) is 129 cm³/mol. The number of ether oxygens (including phenoxy) is 2. The number of methoxy groups -OCH3 is 1. The van der Waals surface area contributed by atoms with Crippen LogP contribution < -0.4 is 9.46 Å². The summed E-state index contributed by atoms with van der Waals surface area (Å²) in [5.41, 5.74) is 6.67. The number of para-hydroxylation sites is 1. The second kappa shape index (κ2) is 8.92. The van der Waals surface area contributed by atoms with E-state index in [4.69, 9.17) is 9.47 Å². The van der Waals surface area contributed by atoms with E-state index >= 15 is 0 Å². The van der Waals surface area contributed by atoms with Crippen LogP contribution in [0.5, 0.6) is 11.5 Å². The first-order chi connectivity index (χ1) is 16.9. The van der Waals surface area contributed by atoms with E-state index in [2.05, 4.69) is 36.1 Å². The zero-order valence-corrected chi connectivity index (χ0v) is 19.8. The van der Waals surface area contributed by atoms with E-state index < -0.39 is 10.0 Å². The Hall–Kier alpha value is -4.11. The molecule has 0 spiro atoms. The molecule has 1 saturated carbocycles. The highest BCUT2D eigenvalue weighted by atomic mass is 32.2. The van der Waals surface area contributed by atoms with Crippen molar-refractivity contribution >= 4 is 38.7 Å². The number of nitrogens with zero attached hydrogens (tertiary/aromatic N) is 5. The van der Waals surface area contributed by atoms with Gasteiger partial charge in [-0.15, -0.1) is 0 Å². The van der Waals surface area contributed by atoms with Gasteiger partial charge in [-0.05, 0) is 43.5 Å². The number of benzene rings is 1. The summed E-state index contributed by atoms with van der Waals surface area (Å²) in [4.78, 5) is 17.8. The molecule has 0 atom stereocenters. The van der Waals surface area contributed by atoms with Gasteiger partial charge in [0, 0.05) is 0 Å². The van der Waals surface area contributed by atoms with Gasteiger partial charge in [-0.2, -0.15) is 0 Å². The second-order valence-electron chi connectivity index (χ2n) is 7.97. The van der Waals surface area contributed by atoms with Crippen LogP contribution in [-0.2, 0) is 14.8 Å². The molecule has 1 aromatic carbocycles. The van der Waals surface area contributed by atoms with Gasteiger partial charge in [-0.3, -0.25) is 9.29 Å². The van der Waals surface area contributed by atoms with Crippen LogP contribution in [0.25, 0.3) is 22.7 Å². The Morgan fingerprint density at radius 2 is 2.11 bits per heavy atom. The molecule has 0 amide bonds. The largest absolute Gasteiger partial charge is 0.506 e. The molecular weight excluding hydrogens is 472 g/mol. The van der Waals surface area contributed by atoms with Gasteiger partial charge < -0.3 is 14.6 Å². The van der Waals surface area contributed by atoms with E-state index in [1.54, 1.807) is 18.2 Å². The van der Waals surface area contributed by atoms with Crippen molar-refractivity contribution in [2.24, 2.45) is 10.9 Å². The molecule has 0 radical (unpaired) electrons. The number of phenolic OH excluding ortho intramolecular Hbond substituents is 1. The minimum atomic E-state index is -3.56. The first-order valence-corrected chi connectivity index (χ1v) is 12.6. The maximum atomic E-state index is 12.4. The molecule has 1 fully saturated rings. The first-order valence-electron chi connectivity index (χ1n) is 10.9. The summed E-state index contributed by atoms with van der Waals surface area (Å²) in [6, 6.07) is 4.82. The van der Waals surface area contributed by atoms with Gasteiger partial charge in [0.05, 0.1) is 31.7 Å². The van der Waals surface area contributed by atoms with Gasteiger partial charge in [-0.25, -0.2) is 28.4 Å². The number of aliphatic imine (C=N–C) groups is 1. The third-order valence-corrected chi connectivity index (χ3v) is 6.75. The van der Waals surface area contributed by atoms with E-state index in [9.17, 15) is 13.5 Å². The Balaban J connectivity index is 1.68. The molecule has 5 rings (SSSR count). The second-order valence-corrected chi connectivity index (χ2v) is 9.74. The molecule has 1 aliphatic heterocycles. The van der Waals surface area contributed by atoms with Crippen LogP contribution in [0.4, 0.5) is 5.82 Å². The van der Waals surface area contributed by atoms with Crippen molar-refractivity contribution in [2.45, 2.75) is 19.8 Å². The van der Waals surface area contributed by atoms with Crippen LogP contribution >= 0.6 is 0 Å². The summed E-state index contributed by atoms with van der Waals surface area (Å²) in [6.07, 6.45) is 4.66. The molecule has 2 aromatic heterocycles. The minimum Gasteiger partial charge on any atom is -0.506 e. The number of nitrogens with one attached hydrogen (secondary N) is 1. The molecule has 2 aliphatic rings. The Morgan fingerprint density at radius 1 is 1.29 bits per heavy atom. The van der Waals surface area contributed by atoms with E-state index in [0.717, 1.165) is 12.8 Å². The van der Waals surface area contributed by atoms with E-state index in [1.807, 2.05) is 6.92 Å². The van der Waals surface area contributed by atoms with Gasteiger partial charge in [0.15, 0.2) is 23.0 Å². The average molecular weight is 495 g/mol. The maximum absolute atomic E-state index is 12.4. The van der Waals surface area contributed by atoms with Crippen LogP contribution in [0.1, 0.15) is 25.6 Å². The fourth-order valence-electron chi connectivity index (χ4n) is 3.64. The van der Waals surface area contributed by atoms with Crippen LogP contribution in [0, 0.1) is 5.92 Å². The molecule has 180 valence electrons. The van der Waals surface area contributed by atoms with Gasteiger partial charge in [0.25, 0.3) is 0 Å². The summed E-state index contributed by atoms with van der Waals surface area (Å²) >= 11 is 0. The lowest BCUT2D eigenvalue weighted by Gasteiger charge is -2.14. The van der Waals surface area contributed by atoms with Crippen molar-refractivity contribution in [3.8, 4) is 17.2 Å². The van der Waals surface area contributed by atoms with Crippen molar-refractivity contribution in [2.75, 3.05) is 24.2 Å². The van der Waals surface area contributed by atoms with Crippen LogP contribution in [-0.4, -0.2) is 58.4 Å². The zero-order valence-electron chi connectivity index (χ0n) is 19.0. The fraction of sp³-hybridized carbons (Fsp3) is 0.304. The number of imidazole rings is 1. The fourth-order valence-corrected chi connectivity index (χ4v) is 5.09. The number of phenols is 1. The maximum Gasteiger partial charge on any atom is 0.234 e. The van der Waals surface area contributed by atoms with Crippen molar-refractivity contribution in [3.05, 3.63) is 47.8 Å². The van der Waals surface area contributed by atoms with Crippen LogP contribution in [0.15, 0.2) is 46.9 Å². The number of anilines is 1. The van der Waals surface area contributed by atoms with Crippen molar-refractivity contribution in [1.82, 2.24) is 19.5 Å². The van der Waals surface area contributed by atoms with Crippen LogP contribution in [0.3, 0.4) is 0 Å². The Bertz CT molecular complexity index is 1560. The number of sulfonamides is 1. The van der Waals surface area contributed by atoms with Gasteiger partial charge in [-0.1, -0.05) is 11.8 Å². The van der Waals surface area contributed by atoms with E-state index in [0.29, 0.717) is 18.3 Å². The number of aromatic hydroxyl groups is 1. The van der Waals surface area contributed by atoms with Gasteiger partial charge >= 0.3 is 0 Å². The standard InChI is InChI=1S/C23H22N6O5S/c1-3-34-19-9-4-6-15(25-19)22-27-21-23(29(22)20-16(30)7-5-8-17(20)33-2)24-12-18(26-21)28-35(31,32)13-14-10-11-14/h5,7-9,12,14,30H,3,10-11,13H2,1-2H3,(H,26,28). The molecule has 2 N–H and O–H groups in total. The lowest BCUT2D eigenvalue weighted by molar-refractivity contribution is 0.330. The number of hydrogen-bond donors (Lipinski definition) is 2. The van der Waals surface area contributed by atoms with Gasteiger partial charge in [0.1, 0.15) is 17.2 Å². The van der Waals surface area contributed by atoms with E-state index in [-0.39, 0.29) is 51.7 Å². The molecular formula is C23H22N6O5S. The highest BCUT2D eigenvalue weighted by Crippen LogP contribution is 2.36. The van der Waals surface area contributed by atoms with E-state index in [1.165, 1.54) is 23.9 Å². The molecule has 12 heteroatoms. The summed E-state index contributed by atoms with van der Waals surface area (Å²) in [6.45, 7) is 2.24. The summed E-state index contributed by atoms with van der Waals surface area (Å²) in [5, 5.41) is 10.7. The number of rotatable bonds is 8. The minimum absolute atomic E-state index is 0.0421. The number of aromatic nitrogens is 4. The quantitative estimate of drug-likeness (QED) is 0.456. The monoisotopic (exact) mass is 494 g/mol. The highest BCUT2D eigenvalue weighted by molar-refractivity contribution is 7.92. The molecule has 3 heterocycles. The smallest absolute Gasteiger partial charge is 0.234 e. The van der Waals surface area contributed by atoms with Crippen molar-refractivity contribution < 1.29 is 23.0 Å². The molecule has 1 aliphatic carbocycles. The van der Waals surface area contributed by atoms with Gasteiger partial charge in [0.2, 0.25) is 21.6 Å². The lowest BCUT2D eigenvalue weighted by atomic mass is 10.2. The van der Waals surface area contributed by atoms with Crippen LogP contribution in [0.2, 0.25) is 0 Å². The van der Waals surface area contributed by atoms with Crippen molar-refractivity contribution in [3.63, 3.8) is 0 Å². The van der Waals surface area contributed by atoms with Crippen molar-refractivity contribution in [1.29, 1.82) is 0 Å². The Morgan fingerprint density at radius 3 is 2.86 bits per heavy atom.